The quantitative estimate of drug-likeness (QED) is 0.745. The Kier molecular flexibility index (Phi) is 7.33. The molecule has 5 nitrogen and oxygen atoms in total. The molecule has 0 aliphatic carbocycles. The molecule has 5 heteroatoms. The van der Waals surface area contributed by atoms with E-state index in [1.165, 1.54) is 0 Å². The summed E-state index contributed by atoms with van der Waals surface area (Å²) in [6.45, 7) is 6.97. The molecule has 2 heterocycles. The topological polar surface area (TPSA) is 54.5 Å². The number of carbonyl (C=O) groups excluding carboxylic acids is 1. The Balaban J connectivity index is 1.63. The summed E-state index contributed by atoms with van der Waals surface area (Å²) >= 11 is 0. The number of aromatic nitrogens is 1. The Labute approximate surface area is 133 Å². The predicted octanol–water partition coefficient (Wildman–Crippen LogP) is 1.84. The van der Waals surface area contributed by atoms with E-state index in [2.05, 4.69) is 21.3 Å². The van der Waals surface area contributed by atoms with E-state index < -0.39 is 0 Å². The van der Waals surface area contributed by atoms with Gasteiger partial charge in [-0.15, -0.1) is 0 Å². The van der Waals surface area contributed by atoms with Gasteiger partial charge in [0.15, 0.2) is 0 Å². The molecule has 1 saturated heterocycles. The van der Waals surface area contributed by atoms with Gasteiger partial charge in [-0.3, -0.25) is 14.7 Å². The molecule has 1 aromatic heterocycles. The van der Waals surface area contributed by atoms with Gasteiger partial charge in [0.25, 0.3) is 0 Å². The summed E-state index contributed by atoms with van der Waals surface area (Å²) in [4.78, 5) is 18.8. The van der Waals surface area contributed by atoms with Gasteiger partial charge in [-0.1, -0.05) is 6.07 Å². The number of hydrogen-bond acceptors (Lipinski definition) is 4. The second-order valence-corrected chi connectivity index (χ2v) is 5.71. The number of pyridine rings is 1. The second kappa shape index (κ2) is 9.54. The number of amides is 1. The largest absolute Gasteiger partial charge is 0.382 e. The van der Waals surface area contributed by atoms with Crippen molar-refractivity contribution in [3.63, 3.8) is 0 Å². The summed E-state index contributed by atoms with van der Waals surface area (Å²) < 4.78 is 5.27. The Bertz CT molecular complexity index is 431. The fourth-order valence-corrected chi connectivity index (χ4v) is 2.75. The molecule has 122 valence electrons. The van der Waals surface area contributed by atoms with Crippen molar-refractivity contribution in [2.75, 3.05) is 32.8 Å². The third kappa shape index (κ3) is 5.73. The van der Waals surface area contributed by atoms with E-state index in [1.54, 1.807) is 0 Å². The number of likely N-dealkylation sites (tertiary alicyclic amines) is 1. The van der Waals surface area contributed by atoms with Crippen LogP contribution in [-0.2, 0) is 16.1 Å². The van der Waals surface area contributed by atoms with Crippen molar-refractivity contribution in [2.24, 2.45) is 5.92 Å². The SMILES string of the molecule is CCOCCCNC(=O)C1CCN(Cc2ccccn2)CC1. The van der Waals surface area contributed by atoms with Crippen molar-refractivity contribution in [1.29, 1.82) is 0 Å². The van der Waals surface area contributed by atoms with Crippen LogP contribution in [0.4, 0.5) is 0 Å². The van der Waals surface area contributed by atoms with Crippen molar-refractivity contribution in [1.82, 2.24) is 15.2 Å². The average Bonchev–Trinajstić information content (AvgIpc) is 2.56. The summed E-state index contributed by atoms with van der Waals surface area (Å²) in [5.74, 6) is 0.362. The summed E-state index contributed by atoms with van der Waals surface area (Å²) in [7, 11) is 0. The third-order valence-corrected chi connectivity index (χ3v) is 4.04. The zero-order valence-electron chi connectivity index (χ0n) is 13.5. The minimum Gasteiger partial charge on any atom is -0.382 e. The molecule has 22 heavy (non-hydrogen) atoms. The molecule has 1 N–H and O–H groups in total. The molecular weight excluding hydrogens is 278 g/mol. The lowest BCUT2D eigenvalue weighted by atomic mass is 9.96. The minimum absolute atomic E-state index is 0.159. The van der Waals surface area contributed by atoms with E-state index in [4.69, 9.17) is 4.74 Å². The molecule has 0 radical (unpaired) electrons. The maximum Gasteiger partial charge on any atom is 0.223 e. The number of nitrogens with one attached hydrogen (secondary N) is 1. The van der Waals surface area contributed by atoms with Crippen LogP contribution in [0.25, 0.3) is 0 Å². The summed E-state index contributed by atoms with van der Waals surface area (Å²) in [5, 5.41) is 3.03. The van der Waals surface area contributed by atoms with Crippen molar-refractivity contribution < 1.29 is 9.53 Å². The monoisotopic (exact) mass is 305 g/mol. The Morgan fingerprint density at radius 2 is 2.23 bits per heavy atom. The van der Waals surface area contributed by atoms with E-state index in [9.17, 15) is 4.79 Å². The maximum absolute atomic E-state index is 12.1. The number of nitrogens with zero attached hydrogens (tertiary/aromatic N) is 2. The van der Waals surface area contributed by atoms with E-state index >= 15 is 0 Å². The molecule has 1 aliphatic rings. The number of hydrogen-bond donors (Lipinski definition) is 1. The minimum atomic E-state index is 0.159. The molecule has 1 aliphatic heterocycles. The number of carbonyl (C=O) groups is 1. The van der Waals surface area contributed by atoms with Crippen molar-refractivity contribution in [2.45, 2.75) is 32.7 Å². The molecule has 0 aromatic carbocycles. The van der Waals surface area contributed by atoms with Crippen molar-refractivity contribution >= 4 is 5.91 Å². The zero-order valence-corrected chi connectivity index (χ0v) is 13.5. The van der Waals surface area contributed by atoms with Crippen LogP contribution in [0.15, 0.2) is 24.4 Å². The fourth-order valence-electron chi connectivity index (χ4n) is 2.75. The van der Waals surface area contributed by atoms with Gasteiger partial charge in [-0.05, 0) is 51.4 Å². The smallest absolute Gasteiger partial charge is 0.223 e. The van der Waals surface area contributed by atoms with Crippen LogP contribution in [0, 0.1) is 5.92 Å². The predicted molar refractivity (Wildman–Crippen MR) is 86.4 cm³/mol. The van der Waals surface area contributed by atoms with Gasteiger partial charge >= 0.3 is 0 Å². The molecule has 1 aromatic rings. The van der Waals surface area contributed by atoms with E-state index in [-0.39, 0.29) is 11.8 Å². The van der Waals surface area contributed by atoms with Gasteiger partial charge in [0, 0.05) is 38.4 Å². The van der Waals surface area contributed by atoms with E-state index in [0.717, 1.165) is 57.8 Å². The Morgan fingerprint density at radius 3 is 2.91 bits per heavy atom. The maximum atomic E-state index is 12.1. The van der Waals surface area contributed by atoms with Crippen LogP contribution in [0.1, 0.15) is 31.9 Å². The lowest BCUT2D eigenvalue weighted by Gasteiger charge is -2.31. The van der Waals surface area contributed by atoms with Crippen molar-refractivity contribution in [3.05, 3.63) is 30.1 Å². The van der Waals surface area contributed by atoms with Crippen LogP contribution in [0.5, 0.6) is 0 Å². The summed E-state index contributed by atoms with van der Waals surface area (Å²) in [6.07, 6.45) is 4.59. The van der Waals surface area contributed by atoms with Gasteiger partial charge in [0.1, 0.15) is 0 Å². The first-order valence-corrected chi connectivity index (χ1v) is 8.27. The molecule has 0 spiro atoms. The molecule has 2 rings (SSSR count). The average molecular weight is 305 g/mol. The first-order chi connectivity index (χ1) is 10.8. The van der Waals surface area contributed by atoms with Gasteiger partial charge < -0.3 is 10.1 Å². The molecule has 0 bridgehead atoms. The molecule has 1 fully saturated rings. The van der Waals surface area contributed by atoms with Crippen LogP contribution in [0.2, 0.25) is 0 Å². The number of ether oxygens (including phenoxy) is 1. The highest BCUT2D eigenvalue weighted by Crippen LogP contribution is 2.18. The Hall–Kier alpha value is -1.46. The first kappa shape index (κ1) is 16.9. The second-order valence-electron chi connectivity index (χ2n) is 5.71. The standard InChI is InChI=1S/C17H27N3O2/c1-2-22-13-5-10-19-17(21)15-7-11-20(12-8-15)14-16-6-3-4-9-18-16/h3-4,6,9,15H,2,5,7-8,10-14H2,1H3,(H,19,21). The molecular formula is C17H27N3O2. The van der Waals surface area contributed by atoms with Crippen LogP contribution >= 0.6 is 0 Å². The van der Waals surface area contributed by atoms with Gasteiger partial charge in [-0.25, -0.2) is 0 Å². The molecule has 1 amide bonds. The Morgan fingerprint density at radius 1 is 1.41 bits per heavy atom. The summed E-state index contributed by atoms with van der Waals surface area (Å²) in [6, 6.07) is 6.01. The molecule has 0 saturated carbocycles. The van der Waals surface area contributed by atoms with Crippen LogP contribution < -0.4 is 5.32 Å². The van der Waals surface area contributed by atoms with E-state index in [1.807, 2.05) is 25.3 Å². The number of rotatable bonds is 8. The highest BCUT2D eigenvalue weighted by atomic mass is 16.5. The normalized spacial score (nSPS) is 16.6. The molecule has 0 atom stereocenters. The van der Waals surface area contributed by atoms with E-state index in [0.29, 0.717) is 6.54 Å². The highest BCUT2D eigenvalue weighted by molar-refractivity contribution is 5.78. The van der Waals surface area contributed by atoms with Gasteiger partial charge in [-0.2, -0.15) is 0 Å². The zero-order chi connectivity index (χ0) is 15.6. The number of piperidine rings is 1. The lowest BCUT2D eigenvalue weighted by Crippen LogP contribution is -2.40. The van der Waals surface area contributed by atoms with Crippen molar-refractivity contribution in [3.8, 4) is 0 Å². The molecule has 0 unspecified atom stereocenters. The highest BCUT2D eigenvalue weighted by Gasteiger charge is 2.24. The van der Waals surface area contributed by atoms with Gasteiger partial charge in [0.05, 0.1) is 5.69 Å². The first-order valence-electron chi connectivity index (χ1n) is 8.27. The third-order valence-electron chi connectivity index (χ3n) is 4.04. The van der Waals surface area contributed by atoms with Gasteiger partial charge in [0.2, 0.25) is 5.91 Å². The fraction of sp³-hybridized carbons (Fsp3) is 0.647. The lowest BCUT2D eigenvalue weighted by molar-refractivity contribution is -0.126. The summed E-state index contributed by atoms with van der Waals surface area (Å²) in [5.41, 5.74) is 1.10. The van der Waals surface area contributed by atoms with Crippen LogP contribution in [-0.4, -0.2) is 48.6 Å². The van der Waals surface area contributed by atoms with Crippen LogP contribution in [0.3, 0.4) is 0 Å².